The lowest BCUT2D eigenvalue weighted by Crippen LogP contribution is -2.38. The van der Waals surface area contributed by atoms with Gasteiger partial charge in [0.25, 0.3) is 5.56 Å². The Hall–Kier alpha value is -1.98. The molecule has 0 N–H and O–H groups in total. The summed E-state index contributed by atoms with van der Waals surface area (Å²) < 4.78 is 4.67. The molecule has 0 radical (unpaired) electrons. The molecule has 132 valence electrons. The van der Waals surface area contributed by atoms with Crippen molar-refractivity contribution in [2.24, 2.45) is 13.0 Å². The highest BCUT2D eigenvalue weighted by Crippen LogP contribution is 2.26. The lowest BCUT2D eigenvalue weighted by Gasteiger charge is -2.11. The van der Waals surface area contributed by atoms with E-state index < -0.39 is 0 Å². The third-order valence-corrected chi connectivity index (χ3v) is 4.99. The molecule has 25 heavy (non-hydrogen) atoms. The minimum Gasteiger partial charge on any atom is -0.347 e. The molecule has 3 rings (SSSR count). The van der Waals surface area contributed by atoms with Crippen molar-refractivity contribution in [2.75, 3.05) is 0 Å². The van der Waals surface area contributed by atoms with Gasteiger partial charge in [0.15, 0.2) is 0 Å². The van der Waals surface area contributed by atoms with Gasteiger partial charge in [-0.05, 0) is 17.5 Å². The fourth-order valence-corrected chi connectivity index (χ4v) is 3.31. The van der Waals surface area contributed by atoms with Gasteiger partial charge in [-0.15, -0.1) is 0 Å². The van der Waals surface area contributed by atoms with Gasteiger partial charge in [0.1, 0.15) is 0 Å². The van der Waals surface area contributed by atoms with Crippen LogP contribution in [0.4, 0.5) is 0 Å². The standard InChI is InChI=1S/C18H19Cl2N3O2/c1-11(2)7-23-15-10-22(8-12-5-4-6-14(19)16(12)20)9-13(15)17(24)21(3)18(23)25/h4-6,9-11H,7-8H2,1-3H3. The quantitative estimate of drug-likeness (QED) is 0.696. The number of aromatic nitrogens is 3. The SMILES string of the molecule is CC(C)Cn1c(=O)n(C)c(=O)c2cn(Cc3cccc(Cl)c3Cl)cc21. The summed E-state index contributed by atoms with van der Waals surface area (Å²) in [5.74, 6) is 0.282. The van der Waals surface area contributed by atoms with Crippen LogP contribution >= 0.6 is 23.2 Å². The van der Waals surface area contributed by atoms with Gasteiger partial charge in [-0.2, -0.15) is 0 Å². The molecule has 0 spiro atoms. The summed E-state index contributed by atoms with van der Waals surface area (Å²) in [6.45, 7) is 5.08. The highest BCUT2D eigenvalue weighted by molar-refractivity contribution is 6.42. The second kappa shape index (κ2) is 6.73. The molecule has 0 aliphatic heterocycles. The van der Waals surface area contributed by atoms with Gasteiger partial charge in [-0.3, -0.25) is 13.9 Å². The molecule has 0 fully saturated rings. The molecule has 0 bridgehead atoms. The van der Waals surface area contributed by atoms with Gasteiger partial charge in [-0.25, -0.2) is 4.79 Å². The van der Waals surface area contributed by atoms with Gasteiger partial charge >= 0.3 is 5.69 Å². The van der Waals surface area contributed by atoms with Crippen molar-refractivity contribution in [3.05, 3.63) is 67.0 Å². The fraction of sp³-hybridized carbons (Fsp3) is 0.333. The largest absolute Gasteiger partial charge is 0.347 e. The number of halogens is 2. The minimum atomic E-state index is -0.301. The van der Waals surface area contributed by atoms with E-state index in [4.69, 9.17) is 23.2 Å². The lowest BCUT2D eigenvalue weighted by molar-refractivity contribution is 0.502. The summed E-state index contributed by atoms with van der Waals surface area (Å²) in [6, 6.07) is 5.45. The molecule has 2 heterocycles. The van der Waals surface area contributed by atoms with E-state index in [0.29, 0.717) is 34.0 Å². The molecule has 0 aliphatic carbocycles. The number of rotatable bonds is 4. The van der Waals surface area contributed by atoms with Crippen molar-refractivity contribution in [3.8, 4) is 0 Å². The Kier molecular flexibility index (Phi) is 4.80. The summed E-state index contributed by atoms with van der Waals surface area (Å²) in [5.41, 5.74) is 0.893. The zero-order valence-corrected chi connectivity index (χ0v) is 15.8. The highest BCUT2D eigenvalue weighted by Gasteiger charge is 2.15. The monoisotopic (exact) mass is 379 g/mol. The maximum Gasteiger partial charge on any atom is 0.331 e. The molecular weight excluding hydrogens is 361 g/mol. The smallest absolute Gasteiger partial charge is 0.331 e. The average Bonchev–Trinajstić information content (AvgIpc) is 2.97. The van der Waals surface area contributed by atoms with E-state index in [9.17, 15) is 9.59 Å². The molecule has 0 unspecified atom stereocenters. The van der Waals surface area contributed by atoms with Gasteiger partial charge in [0.05, 0.1) is 20.9 Å². The van der Waals surface area contributed by atoms with Gasteiger partial charge in [0.2, 0.25) is 0 Å². The molecule has 0 saturated carbocycles. The Morgan fingerprint density at radius 1 is 1.12 bits per heavy atom. The second-order valence-corrected chi connectivity index (χ2v) is 7.38. The van der Waals surface area contributed by atoms with Crippen LogP contribution in [0.5, 0.6) is 0 Å². The molecular formula is C18H19Cl2N3O2. The van der Waals surface area contributed by atoms with E-state index in [2.05, 4.69) is 0 Å². The van der Waals surface area contributed by atoms with Crippen LogP contribution in [0, 0.1) is 5.92 Å². The van der Waals surface area contributed by atoms with Crippen molar-refractivity contribution in [1.29, 1.82) is 0 Å². The van der Waals surface area contributed by atoms with E-state index in [1.54, 1.807) is 16.8 Å². The van der Waals surface area contributed by atoms with E-state index in [0.717, 1.165) is 10.1 Å². The number of hydrogen-bond donors (Lipinski definition) is 0. The Morgan fingerprint density at radius 2 is 1.84 bits per heavy atom. The van der Waals surface area contributed by atoms with Gasteiger partial charge in [-0.1, -0.05) is 49.2 Å². The number of benzene rings is 1. The Balaban J connectivity index is 2.16. The molecule has 0 amide bonds. The first kappa shape index (κ1) is 17.8. The summed E-state index contributed by atoms with van der Waals surface area (Å²) in [4.78, 5) is 24.9. The van der Waals surface area contributed by atoms with Crippen molar-refractivity contribution in [3.63, 3.8) is 0 Å². The molecule has 1 aromatic carbocycles. The lowest BCUT2D eigenvalue weighted by atomic mass is 10.2. The van der Waals surface area contributed by atoms with Gasteiger partial charge < -0.3 is 4.57 Å². The Bertz CT molecular complexity index is 1060. The van der Waals surface area contributed by atoms with Crippen LogP contribution in [0.2, 0.25) is 10.0 Å². The maximum atomic E-state index is 12.5. The number of hydrogen-bond acceptors (Lipinski definition) is 2. The fourth-order valence-electron chi connectivity index (χ4n) is 2.93. The highest BCUT2D eigenvalue weighted by atomic mass is 35.5. The summed E-state index contributed by atoms with van der Waals surface area (Å²) in [7, 11) is 1.51. The molecule has 2 aromatic heterocycles. The third-order valence-electron chi connectivity index (χ3n) is 4.13. The van der Waals surface area contributed by atoms with E-state index in [1.165, 1.54) is 7.05 Å². The molecule has 3 aromatic rings. The van der Waals surface area contributed by atoms with Crippen LogP contribution in [-0.2, 0) is 20.1 Å². The first-order chi connectivity index (χ1) is 11.8. The van der Waals surface area contributed by atoms with Gasteiger partial charge in [0, 0.05) is 32.5 Å². The Labute approximate surface area is 155 Å². The van der Waals surface area contributed by atoms with Crippen LogP contribution in [0.3, 0.4) is 0 Å². The minimum absolute atomic E-state index is 0.282. The normalized spacial score (nSPS) is 11.6. The first-order valence-electron chi connectivity index (χ1n) is 8.01. The number of nitrogens with zero attached hydrogens (tertiary/aromatic N) is 3. The molecule has 0 aliphatic rings. The average molecular weight is 380 g/mol. The third kappa shape index (κ3) is 3.26. The van der Waals surface area contributed by atoms with E-state index in [1.807, 2.05) is 36.7 Å². The van der Waals surface area contributed by atoms with E-state index in [-0.39, 0.29) is 17.2 Å². The first-order valence-corrected chi connectivity index (χ1v) is 8.77. The van der Waals surface area contributed by atoms with Crippen molar-refractivity contribution < 1.29 is 0 Å². The van der Waals surface area contributed by atoms with Crippen LogP contribution in [0.25, 0.3) is 10.9 Å². The summed E-state index contributed by atoms with van der Waals surface area (Å²) >= 11 is 12.3. The Morgan fingerprint density at radius 3 is 2.52 bits per heavy atom. The summed E-state index contributed by atoms with van der Waals surface area (Å²) in [6.07, 6.45) is 3.57. The predicted octanol–water partition coefficient (Wildman–Crippen LogP) is 3.51. The van der Waals surface area contributed by atoms with Crippen molar-refractivity contribution in [2.45, 2.75) is 26.9 Å². The molecule has 7 heteroatoms. The maximum absolute atomic E-state index is 12.5. The van der Waals surface area contributed by atoms with Crippen LogP contribution in [-0.4, -0.2) is 13.7 Å². The van der Waals surface area contributed by atoms with Crippen molar-refractivity contribution >= 4 is 34.1 Å². The summed E-state index contributed by atoms with van der Waals surface area (Å²) in [5, 5.41) is 1.50. The molecule has 0 atom stereocenters. The molecule has 0 saturated heterocycles. The second-order valence-electron chi connectivity index (χ2n) is 6.59. The van der Waals surface area contributed by atoms with Crippen LogP contribution in [0.15, 0.2) is 40.2 Å². The number of fused-ring (bicyclic) bond motifs is 1. The molecule has 5 nitrogen and oxygen atoms in total. The zero-order valence-electron chi connectivity index (χ0n) is 14.3. The zero-order chi connectivity index (χ0) is 18.3. The van der Waals surface area contributed by atoms with Crippen LogP contribution < -0.4 is 11.2 Å². The van der Waals surface area contributed by atoms with Crippen molar-refractivity contribution in [1.82, 2.24) is 13.7 Å². The van der Waals surface area contributed by atoms with E-state index >= 15 is 0 Å². The topological polar surface area (TPSA) is 48.9 Å². The van der Waals surface area contributed by atoms with Crippen LogP contribution in [0.1, 0.15) is 19.4 Å². The predicted molar refractivity (Wildman–Crippen MR) is 102 cm³/mol.